The minimum Gasteiger partial charge on any atom is -0.494 e. The minimum absolute atomic E-state index is 0.485. The lowest BCUT2D eigenvalue weighted by molar-refractivity contribution is 0.187. The number of para-hydroxylation sites is 1. The number of aliphatic imine (C=N–C) groups is 1. The molecule has 1 amide bonds. The topological polar surface area (TPSA) is 84.0 Å². The lowest BCUT2D eigenvalue weighted by atomic mass is 10.2. The molecule has 27 heavy (non-hydrogen) atoms. The summed E-state index contributed by atoms with van der Waals surface area (Å²) in [6.07, 6.45) is 0.380. The molecule has 0 spiro atoms. The summed E-state index contributed by atoms with van der Waals surface area (Å²) in [5.74, 6) is 1.61. The number of hydrogen-bond acceptors (Lipinski definition) is 4. The first-order valence-corrected chi connectivity index (χ1v) is 8.77. The van der Waals surface area contributed by atoms with E-state index in [4.69, 9.17) is 4.74 Å². The van der Waals surface area contributed by atoms with Crippen molar-refractivity contribution in [1.82, 2.24) is 10.6 Å². The molecule has 7 nitrogen and oxygen atoms in total. The Morgan fingerprint density at radius 3 is 2.44 bits per heavy atom. The first-order valence-electron chi connectivity index (χ1n) is 8.77. The van der Waals surface area contributed by atoms with E-state index in [9.17, 15) is 4.79 Å². The van der Waals surface area contributed by atoms with Gasteiger partial charge in [-0.25, -0.2) is 4.79 Å². The van der Waals surface area contributed by atoms with Gasteiger partial charge in [0.05, 0.1) is 13.7 Å². The molecular weight excluding hydrogens is 344 g/mol. The number of hydrogen-bond donors (Lipinski definition) is 3. The van der Waals surface area contributed by atoms with Gasteiger partial charge < -0.3 is 20.1 Å². The van der Waals surface area contributed by atoms with E-state index in [0.29, 0.717) is 18.8 Å². The van der Waals surface area contributed by atoms with Crippen LogP contribution in [0.5, 0.6) is 5.75 Å². The normalized spacial score (nSPS) is 10.8. The lowest BCUT2D eigenvalue weighted by Gasteiger charge is -2.12. The van der Waals surface area contributed by atoms with Crippen LogP contribution in [0.15, 0.2) is 59.6 Å². The summed E-state index contributed by atoms with van der Waals surface area (Å²) in [5.41, 5.74) is 1.76. The summed E-state index contributed by atoms with van der Waals surface area (Å²) in [6.45, 7) is 2.02. The van der Waals surface area contributed by atoms with Crippen LogP contribution in [0.4, 0.5) is 10.5 Å². The standard InChI is InChI=1S/C20H26N4O3/c1-21-19(22-13-6-14-27-18-7-4-3-5-8-18)23-15-16-9-11-17(12-10-16)24-20(25)26-2/h3-5,7-12H,6,13-15H2,1-2H3,(H,24,25)(H2,21,22,23). The number of anilines is 1. The molecule has 0 atom stereocenters. The van der Waals surface area contributed by atoms with Gasteiger partial charge in [0.15, 0.2) is 5.96 Å². The molecule has 0 saturated carbocycles. The van der Waals surface area contributed by atoms with Crippen molar-refractivity contribution in [2.24, 2.45) is 4.99 Å². The van der Waals surface area contributed by atoms with E-state index in [1.54, 1.807) is 7.05 Å². The molecule has 0 aromatic heterocycles. The molecule has 0 aliphatic heterocycles. The van der Waals surface area contributed by atoms with Gasteiger partial charge in [-0.3, -0.25) is 10.3 Å². The summed E-state index contributed by atoms with van der Waals surface area (Å²) in [4.78, 5) is 15.4. The molecule has 0 bridgehead atoms. The lowest BCUT2D eigenvalue weighted by Crippen LogP contribution is -2.37. The Bertz CT molecular complexity index is 718. The molecule has 0 radical (unpaired) electrons. The Morgan fingerprint density at radius 2 is 1.78 bits per heavy atom. The van der Waals surface area contributed by atoms with Crippen molar-refractivity contribution in [3.8, 4) is 5.75 Å². The molecule has 2 rings (SSSR count). The van der Waals surface area contributed by atoms with Crippen LogP contribution in [0.25, 0.3) is 0 Å². The summed E-state index contributed by atoms with van der Waals surface area (Å²) < 4.78 is 10.2. The van der Waals surface area contributed by atoms with Gasteiger partial charge in [0.2, 0.25) is 0 Å². The number of guanidine groups is 1. The maximum atomic E-state index is 11.2. The van der Waals surface area contributed by atoms with Crippen LogP contribution in [0, 0.1) is 0 Å². The maximum Gasteiger partial charge on any atom is 0.411 e. The van der Waals surface area contributed by atoms with Gasteiger partial charge in [-0.05, 0) is 36.2 Å². The second-order valence-corrected chi connectivity index (χ2v) is 5.68. The highest BCUT2D eigenvalue weighted by molar-refractivity contribution is 5.84. The van der Waals surface area contributed by atoms with Gasteiger partial charge in [-0.1, -0.05) is 30.3 Å². The zero-order valence-corrected chi connectivity index (χ0v) is 15.7. The van der Waals surface area contributed by atoms with Crippen molar-refractivity contribution in [3.05, 3.63) is 60.2 Å². The molecule has 7 heteroatoms. The van der Waals surface area contributed by atoms with Crippen LogP contribution >= 0.6 is 0 Å². The fourth-order valence-corrected chi connectivity index (χ4v) is 2.27. The van der Waals surface area contributed by atoms with Gasteiger partial charge in [-0.15, -0.1) is 0 Å². The maximum absolute atomic E-state index is 11.2. The van der Waals surface area contributed by atoms with Gasteiger partial charge >= 0.3 is 6.09 Å². The highest BCUT2D eigenvalue weighted by atomic mass is 16.5. The predicted octanol–water partition coefficient (Wildman–Crippen LogP) is 3.00. The van der Waals surface area contributed by atoms with E-state index < -0.39 is 6.09 Å². The first-order chi connectivity index (χ1) is 13.2. The number of rotatable bonds is 8. The van der Waals surface area contributed by atoms with Gasteiger partial charge in [0.25, 0.3) is 0 Å². The zero-order valence-electron chi connectivity index (χ0n) is 15.7. The Balaban J connectivity index is 1.65. The van der Waals surface area contributed by atoms with Crippen molar-refractivity contribution < 1.29 is 14.3 Å². The highest BCUT2D eigenvalue weighted by Gasteiger charge is 2.02. The van der Waals surface area contributed by atoms with Crippen molar-refractivity contribution in [1.29, 1.82) is 0 Å². The number of amides is 1. The number of ether oxygens (including phenoxy) is 2. The van der Waals surface area contributed by atoms with Crippen LogP contribution in [0.2, 0.25) is 0 Å². The molecule has 0 unspecified atom stereocenters. The second-order valence-electron chi connectivity index (χ2n) is 5.68. The Labute approximate surface area is 159 Å². The van der Waals surface area contributed by atoms with Crippen molar-refractivity contribution in [3.63, 3.8) is 0 Å². The molecule has 0 fully saturated rings. The van der Waals surface area contributed by atoms with Gasteiger partial charge in [-0.2, -0.15) is 0 Å². The summed E-state index contributed by atoms with van der Waals surface area (Å²) in [5, 5.41) is 9.13. The van der Waals surface area contributed by atoms with Crippen molar-refractivity contribution in [2.45, 2.75) is 13.0 Å². The fraction of sp³-hybridized carbons (Fsp3) is 0.300. The third-order valence-electron chi connectivity index (χ3n) is 3.69. The Hall–Kier alpha value is -3.22. The van der Waals surface area contributed by atoms with Gasteiger partial charge in [0, 0.05) is 25.8 Å². The smallest absolute Gasteiger partial charge is 0.411 e. The van der Waals surface area contributed by atoms with E-state index in [0.717, 1.165) is 30.2 Å². The van der Waals surface area contributed by atoms with Crippen LogP contribution in [-0.2, 0) is 11.3 Å². The first kappa shape index (κ1) is 20.1. The summed E-state index contributed by atoms with van der Waals surface area (Å²) in [7, 11) is 3.07. The average Bonchev–Trinajstić information content (AvgIpc) is 2.71. The van der Waals surface area contributed by atoms with Crippen LogP contribution in [0.1, 0.15) is 12.0 Å². The molecule has 2 aromatic carbocycles. The van der Waals surface area contributed by atoms with E-state index in [-0.39, 0.29) is 0 Å². The summed E-state index contributed by atoms with van der Waals surface area (Å²) in [6, 6.07) is 17.3. The van der Waals surface area contributed by atoms with Crippen LogP contribution in [0.3, 0.4) is 0 Å². The monoisotopic (exact) mass is 370 g/mol. The molecular formula is C20H26N4O3. The number of nitrogens with zero attached hydrogens (tertiary/aromatic N) is 1. The zero-order chi connectivity index (χ0) is 19.3. The minimum atomic E-state index is -0.485. The second kappa shape index (κ2) is 11.4. The Kier molecular flexibility index (Phi) is 8.49. The van der Waals surface area contributed by atoms with Crippen LogP contribution < -0.4 is 20.7 Å². The van der Waals surface area contributed by atoms with E-state index in [2.05, 4.69) is 25.7 Å². The van der Waals surface area contributed by atoms with Crippen LogP contribution in [-0.4, -0.2) is 39.4 Å². The molecule has 0 aliphatic carbocycles. The largest absolute Gasteiger partial charge is 0.494 e. The number of carbonyl (C=O) groups excluding carboxylic acids is 1. The SMILES string of the molecule is CN=C(NCCCOc1ccccc1)NCc1ccc(NC(=O)OC)cc1. The van der Waals surface area contributed by atoms with E-state index in [1.165, 1.54) is 7.11 Å². The molecule has 3 N–H and O–H groups in total. The number of nitrogens with one attached hydrogen (secondary N) is 3. The highest BCUT2D eigenvalue weighted by Crippen LogP contribution is 2.10. The van der Waals surface area contributed by atoms with Gasteiger partial charge in [0.1, 0.15) is 5.75 Å². The molecule has 2 aromatic rings. The van der Waals surface area contributed by atoms with Crippen molar-refractivity contribution in [2.75, 3.05) is 32.6 Å². The third kappa shape index (κ3) is 7.68. The quantitative estimate of drug-likeness (QED) is 0.378. The molecule has 0 saturated heterocycles. The fourth-order valence-electron chi connectivity index (χ4n) is 2.27. The molecule has 0 aliphatic rings. The molecule has 0 heterocycles. The van der Waals surface area contributed by atoms with E-state index >= 15 is 0 Å². The molecule has 144 valence electrons. The average molecular weight is 370 g/mol. The van der Waals surface area contributed by atoms with E-state index in [1.807, 2.05) is 54.6 Å². The number of methoxy groups -OCH3 is 1. The number of benzene rings is 2. The number of carbonyl (C=O) groups is 1. The Morgan fingerprint density at radius 1 is 1.04 bits per heavy atom. The van der Waals surface area contributed by atoms with Crippen molar-refractivity contribution >= 4 is 17.7 Å². The third-order valence-corrected chi connectivity index (χ3v) is 3.69. The summed E-state index contributed by atoms with van der Waals surface area (Å²) >= 11 is 0. The predicted molar refractivity (Wildman–Crippen MR) is 107 cm³/mol.